The van der Waals surface area contributed by atoms with E-state index in [1.165, 1.54) is 4.90 Å². The number of carbonyl (C=O) groups excluding carboxylic acids is 2. The molecule has 2 rings (SSSR count). The number of benzene rings is 1. The van der Waals surface area contributed by atoms with Gasteiger partial charge in [-0.05, 0) is 30.9 Å². The third-order valence-corrected chi connectivity index (χ3v) is 3.55. The quantitative estimate of drug-likeness (QED) is 0.639. The molecule has 1 aliphatic heterocycles. The van der Waals surface area contributed by atoms with E-state index in [4.69, 9.17) is 0 Å². The van der Waals surface area contributed by atoms with E-state index < -0.39 is 35.0 Å². The number of nitrogens with one attached hydrogen (secondary N) is 1. The molecule has 0 saturated carbocycles. The highest BCUT2D eigenvalue weighted by atomic mass is 19.2. The number of rotatable bonds is 1. The van der Waals surface area contributed by atoms with Gasteiger partial charge in [-0.15, -0.1) is 0 Å². The topological polar surface area (TPSA) is 49.4 Å². The van der Waals surface area contributed by atoms with Gasteiger partial charge in [-0.2, -0.15) is 0 Å². The van der Waals surface area contributed by atoms with Gasteiger partial charge in [0, 0.05) is 13.1 Å². The lowest BCUT2D eigenvalue weighted by Crippen LogP contribution is -2.44. The molecule has 114 valence electrons. The Balaban J connectivity index is 2.04. The first-order chi connectivity index (χ1) is 9.90. The summed E-state index contributed by atoms with van der Waals surface area (Å²) in [5.41, 5.74) is -0.558. The highest BCUT2D eigenvalue weighted by molar-refractivity contribution is 6.39. The maximum Gasteiger partial charge on any atom is 0.313 e. The number of piperidine rings is 1. The molecule has 1 heterocycles. The number of likely N-dealkylation sites (tertiary alicyclic amines) is 1. The second kappa shape index (κ2) is 6.15. The fourth-order valence-corrected chi connectivity index (χ4v) is 2.15. The van der Waals surface area contributed by atoms with Crippen molar-refractivity contribution in [2.75, 3.05) is 18.4 Å². The average Bonchev–Trinajstić information content (AvgIpc) is 2.48. The number of hydrogen-bond acceptors (Lipinski definition) is 2. The number of anilines is 1. The Morgan fingerprint density at radius 3 is 2.38 bits per heavy atom. The van der Waals surface area contributed by atoms with Gasteiger partial charge in [0.15, 0.2) is 17.5 Å². The van der Waals surface area contributed by atoms with Crippen LogP contribution in [0, 0.1) is 23.4 Å². The van der Waals surface area contributed by atoms with Crippen LogP contribution in [-0.4, -0.2) is 29.8 Å². The second-order valence-electron chi connectivity index (χ2n) is 5.15. The van der Waals surface area contributed by atoms with E-state index in [0.717, 1.165) is 18.9 Å². The van der Waals surface area contributed by atoms with Crippen molar-refractivity contribution in [2.45, 2.75) is 19.8 Å². The summed E-state index contributed by atoms with van der Waals surface area (Å²) in [6, 6.07) is 1.55. The van der Waals surface area contributed by atoms with Crippen molar-refractivity contribution in [1.29, 1.82) is 0 Å². The van der Waals surface area contributed by atoms with Crippen LogP contribution in [-0.2, 0) is 9.59 Å². The predicted octanol–water partition coefficient (Wildman–Crippen LogP) is 2.30. The van der Waals surface area contributed by atoms with E-state index in [9.17, 15) is 22.8 Å². The lowest BCUT2D eigenvalue weighted by molar-refractivity contribution is -0.144. The minimum atomic E-state index is -1.69. The van der Waals surface area contributed by atoms with Crippen LogP contribution in [0.25, 0.3) is 0 Å². The van der Waals surface area contributed by atoms with Gasteiger partial charge in [0.05, 0.1) is 5.69 Å². The standard InChI is InChI=1S/C14H15F3N2O2/c1-8-4-6-19(7-5-8)14(21)13(20)18-10-3-2-9(15)11(16)12(10)17/h2-3,8H,4-7H2,1H3,(H,18,20). The average molecular weight is 300 g/mol. The molecule has 0 radical (unpaired) electrons. The zero-order valence-corrected chi connectivity index (χ0v) is 11.5. The molecule has 1 saturated heterocycles. The van der Waals surface area contributed by atoms with Crippen molar-refractivity contribution in [2.24, 2.45) is 5.92 Å². The van der Waals surface area contributed by atoms with Gasteiger partial charge in [0.25, 0.3) is 0 Å². The first-order valence-corrected chi connectivity index (χ1v) is 6.64. The normalized spacial score (nSPS) is 15.9. The van der Waals surface area contributed by atoms with Crippen LogP contribution < -0.4 is 5.32 Å². The molecule has 4 nitrogen and oxygen atoms in total. The predicted molar refractivity (Wildman–Crippen MR) is 69.9 cm³/mol. The van der Waals surface area contributed by atoms with Crippen LogP contribution in [0.5, 0.6) is 0 Å². The molecule has 0 spiro atoms. The van der Waals surface area contributed by atoms with E-state index >= 15 is 0 Å². The Morgan fingerprint density at radius 2 is 1.76 bits per heavy atom. The largest absolute Gasteiger partial charge is 0.334 e. The summed E-state index contributed by atoms with van der Waals surface area (Å²) in [5, 5.41) is 1.97. The van der Waals surface area contributed by atoms with Crippen molar-refractivity contribution in [3.8, 4) is 0 Å². The van der Waals surface area contributed by atoms with Crippen LogP contribution >= 0.6 is 0 Å². The molecule has 1 N–H and O–H groups in total. The molecule has 0 unspecified atom stereocenters. The number of amides is 2. The fraction of sp³-hybridized carbons (Fsp3) is 0.429. The van der Waals surface area contributed by atoms with Crippen LogP contribution in [0.15, 0.2) is 12.1 Å². The van der Waals surface area contributed by atoms with Crippen molar-refractivity contribution < 1.29 is 22.8 Å². The lowest BCUT2D eigenvalue weighted by atomic mass is 9.99. The minimum absolute atomic E-state index is 0.452. The first-order valence-electron chi connectivity index (χ1n) is 6.64. The zero-order valence-electron chi connectivity index (χ0n) is 11.5. The third kappa shape index (κ3) is 3.34. The van der Waals surface area contributed by atoms with E-state index in [0.29, 0.717) is 25.1 Å². The molecular formula is C14H15F3N2O2. The monoisotopic (exact) mass is 300 g/mol. The van der Waals surface area contributed by atoms with Gasteiger partial charge in [-0.3, -0.25) is 9.59 Å². The summed E-state index contributed by atoms with van der Waals surface area (Å²) in [7, 11) is 0. The SMILES string of the molecule is CC1CCN(C(=O)C(=O)Nc2ccc(F)c(F)c2F)CC1. The third-order valence-electron chi connectivity index (χ3n) is 3.55. The van der Waals surface area contributed by atoms with Crippen molar-refractivity contribution in [3.05, 3.63) is 29.6 Å². The smallest absolute Gasteiger partial charge is 0.313 e. The number of hydrogen-bond donors (Lipinski definition) is 1. The summed E-state index contributed by atoms with van der Waals surface area (Å²) in [6.45, 7) is 2.96. The van der Waals surface area contributed by atoms with Crippen LogP contribution in [0.3, 0.4) is 0 Å². The summed E-state index contributed by atoms with van der Waals surface area (Å²) in [5.74, 6) is -5.95. The first kappa shape index (κ1) is 15.3. The molecule has 0 aliphatic carbocycles. The summed E-state index contributed by atoms with van der Waals surface area (Å²) in [4.78, 5) is 25.0. The molecule has 2 amide bonds. The Morgan fingerprint density at radius 1 is 1.14 bits per heavy atom. The maximum atomic E-state index is 13.4. The van der Waals surface area contributed by atoms with E-state index in [-0.39, 0.29) is 0 Å². The van der Waals surface area contributed by atoms with Gasteiger partial charge in [-0.25, -0.2) is 13.2 Å². The lowest BCUT2D eigenvalue weighted by Gasteiger charge is -2.29. The molecule has 7 heteroatoms. The molecule has 1 aromatic carbocycles. The van der Waals surface area contributed by atoms with Crippen LogP contribution in [0.1, 0.15) is 19.8 Å². The summed E-state index contributed by atoms with van der Waals surface area (Å²) < 4.78 is 39.2. The zero-order chi connectivity index (χ0) is 15.6. The highest BCUT2D eigenvalue weighted by Crippen LogP contribution is 2.20. The van der Waals surface area contributed by atoms with Crippen LogP contribution in [0.2, 0.25) is 0 Å². The van der Waals surface area contributed by atoms with Crippen molar-refractivity contribution >= 4 is 17.5 Å². The van der Waals surface area contributed by atoms with Gasteiger partial charge in [-0.1, -0.05) is 6.92 Å². The van der Waals surface area contributed by atoms with Gasteiger partial charge < -0.3 is 10.2 Å². The summed E-state index contributed by atoms with van der Waals surface area (Å²) >= 11 is 0. The Kier molecular flexibility index (Phi) is 4.50. The molecule has 1 fully saturated rings. The number of halogens is 3. The van der Waals surface area contributed by atoms with Crippen molar-refractivity contribution in [3.63, 3.8) is 0 Å². The molecule has 0 atom stereocenters. The molecule has 21 heavy (non-hydrogen) atoms. The van der Waals surface area contributed by atoms with E-state index in [2.05, 4.69) is 6.92 Å². The molecule has 0 bridgehead atoms. The van der Waals surface area contributed by atoms with Gasteiger partial charge in [0.1, 0.15) is 0 Å². The number of nitrogens with zero attached hydrogens (tertiary/aromatic N) is 1. The molecule has 1 aliphatic rings. The van der Waals surface area contributed by atoms with Crippen molar-refractivity contribution in [1.82, 2.24) is 4.90 Å². The summed E-state index contributed by atoms with van der Waals surface area (Å²) in [6.07, 6.45) is 1.58. The number of carbonyl (C=O) groups is 2. The minimum Gasteiger partial charge on any atom is -0.334 e. The maximum absolute atomic E-state index is 13.4. The fourth-order valence-electron chi connectivity index (χ4n) is 2.15. The molecular weight excluding hydrogens is 285 g/mol. The van der Waals surface area contributed by atoms with E-state index in [1.807, 2.05) is 5.32 Å². The Hall–Kier alpha value is -2.05. The van der Waals surface area contributed by atoms with Gasteiger partial charge >= 0.3 is 11.8 Å². The Labute approximate surface area is 119 Å². The van der Waals surface area contributed by atoms with Gasteiger partial charge in [0.2, 0.25) is 0 Å². The van der Waals surface area contributed by atoms with E-state index in [1.54, 1.807) is 0 Å². The molecule has 1 aromatic rings. The second-order valence-corrected chi connectivity index (χ2v) is 5.15. The Bertz CT molecular complexity index is 570. The molecule has 0 aromatic heterocycles. The van der Waals surface area contributed by atoms with Crippen LogP contribution in [0.4, 0.5) is 18.9 Å². The highest BCUT2D eigenvalue weighted by Gasteiger charge is 2.26.